The zero-order valence-corrected chi connectivity index (χ0v) is 10.1. The predicted octanol–water partition coefficient (Wildman–Crippen LogP) is 1.78. The molecular weight excluding hydrogens is 219 g/mol. The van der Waals surface area contributed by atoms with Gasteiger partial charge in [-0.15, -0.1) is 0 Å². The van der Waals surface area contributed by atoms with Crippen LogP contribution in [0.4, 0.5) is 10.1 Å². The van der Waals surface area contributed by atoms with Crippen LogP contribution in [0.5, 0.6) is 0 Å². The number of hydrogen-bond acceptors (Lipinski definition) is 3. The number of anilines is 1. The fraction of sp³-hybridized carbons (Fsp3) is 0.538. The van der Waals surface area contributed by atoms with Crippen molar-refractivity contribution in [3.8, 4) is 0 Å². The van der Waals surface area contributed by atoms with E-state index < -0.39 is 6.10 Å². The largest absolute Gasteiger partial charge is 0.398 e. The van der Waals surface area contributed by atoms with Gasteiger partial charge in [-0.25, -0.2) is 4.39 Å². The van der Waals surface area contributed by atoms with Crippen LogP contribution >= 0.6 is 0 Å². The first-order valence-electron chi connectivity index (χ1n) is 5.99. The quantitative estimate of drug-likeness (QED) is 0.772. The van der Waals surface area contributed by atoms with Gasteiger partial charge >= 0.3 is 0 Å². The molecule has 1 heterocycles. The van der Waals surface area contributed by atoms with Crippen LogP contribution in [0.25, 0.3) is 0 Å². The summed E-state index contributed by atoms with van der Waals surface area (Å²) >= 11 is 0. The van der Waals surface area contributed by atoms with Crippen molar-refractivity contribution >= 4 is 5.69 Å². The Hall–Kier alpha value is -1.13. The van der Waals surface area contributed by atoms with E-state index in [9.17, 15) is 9.50 Å². The van der Waals surface area contributed by atoms with Crippen molar-refractivity contribution in [3.63, 3.8) is 0 Å². The summed E-state index contributed by atoms with van der Waals surface area (Å²) in [7, 11) is 2.05. The third-order valence-corrected chi connectivity index (χ3v) is 3.47. The summed E-state index contributed by atoms with van der Waals surface area (Å²) < 4.78 is 12.9. The fourth-order valence-corrected chi connectivity index (χ4v) is 2.53. The molecule has 0 spiro atoms. The number of rotatable bonds is 2. The van der Waals surface area contributed by atoms with E-state index >= 15 is 0 Å². The van der Waals surface area contributed by atoms with Crippen LogP contribution in [0.3, 0.4) is 0 Å². The van der Waals surface area contributed by atoms with Crippen LogP contribution in [-0.4, -0.2) is 30.1 Å². The van der Waals surface area contributed by atoms with E-state index in [1.165, 1.54) is 12.1 Å². The van der Waals surface area contributed by atoms with Crippen molar-refractivity contribution in [3.05, 3.63) is 29.6 Å². The standard InChI is InChI=1S/C13H19FN2O/c1-16-6-2-3-9(8-16)13(17)11-5-4-10(14)7-12(11)15/h4-5,7,9,13,17H,2-3,6,8,15H2,1H3. The molecule has 1 aromatic carbocycles. The molecule has 0 bridgehead atoms. The molecule has 2 atom stereocenters. The lowest BCUT2D eigenvalue weighted by atomic mass is 9.88. The number of benzene rings is 1. The number of aliphatic hydroxyl groups is 1. The van der Waals surface area contributed by atoms with E-state index in [-0.39, 0.29) is 11.7 Å². The van der Waals surface area contributed by atoms with E-state index in [2.05, 4.69) is 4.90 Å². The van der Waals surface area contributed by atoms with E-state index in [4.69, 9.17) is 5.73 Å². The minimum absolute atomic E-state index is 0.182. The van der Waals surface area contributed by atoms with Gasteiger partial charge in [0.2, 0.25) is 0 Å². The summed E-state index contributed by atoms with van der Waals surface area (Å²) in [5.41, 5.74) is 6.73. The SMILES string of the molecule is CN1CCCC(C(O)c2ccc(F)cc2N)C1. The Bertz CT molecular complexity index is 397. The number of hydrogen-bond donors (Lipinski definition) is 2. The monoisotopic (exact) mass is 238 g/mol. The molecule has 0 amide bonds. The van der Waals surface area contributed by atoms with E-state index in [1.54, 1.807) is 6.07 Å². The molecule has 94 valence electrons. The molecule has 4 heteroatoms. The number of nitrogens with two attached hydrogens (primary N) is 1. The van der Waals surface area contributed by atoms with Gasteiger partial charge in [0.05, 0.1) is 6.10 Å². The second-order valence-corrected chi connectivity index (χ2v) is 4.88. The lowest BCUT2D eigenvalue weighted by molar-refractivity contribution is 0.0596. The van der Waals surface area contributed by atoms with Crippen molar-refractivity contribution in [2.75, 3.05) is 25.9 Å². The first kappa shape index (κ1) is 12.3. The molecule has 0 aliphatic carbocycles. The maximum atomic E-state index is 12.9. The Morgan fingerprint density at radius 3 is 2.94 bits per heavy atom. The van der Waals surface area contributed by atoms with Gasteiger partial charge in [0, 0.05) is 23.7 Å². The molecule has 1 aliphatic heterocycles. The Balaban J connectivity index is 2.15. The number of likely N-dealkylation sites (tertiary alicyclic amines) is 1. The van der Waals surface area contributed by atoms with Crippen molar-refractivity contribution in [1.29, 1.82) is 0 Å². The third-order valence-electron chi connectivity index (χ3n) is 3.47. The van der Waals surface area contributed by atoms with Gasteiger partial charge in [0.1, 0.15) is 5.82 Å². The van der Waals surface area contributed by atoms with Crippen LogP contribution in [0.15, 0.2) is 18.2 Å². The number of halogens is 1. The molecule has 0 radical (unpaired) electrons. The highest BCUT2D eigenvalue weighted by molar-refractivity contribution is 5.48. The van der Waals surface area contributed by atoms with Crippen LogP contribution in [0, 0.1) is 11.7 Å². The van der Waals surface area contributed by atoms with E-state index in [1.807, 2.05) is 7.05 Å². The van der Waals surface area contributed by atoms with Crippen LogP contribution < -0.4 is 5.73 Å². The van der Waals surface area contributed by atoms with Gasteiger partial charge in [0.15, 0.2) is 0 Å². The summed E-state index contributed by atoms with van der Waals surface area (Å²) in [6.45, 7) is 1.93. The number of nitrogen functional groups attached to an aromatic ring is 1. The minimum atomic E-state index is -0.599. The highest BCUT2D eigenvalue weighted by Crippen LogP contribution is 2.32. The smallest absolute Gasteiger partial charge is 0.125 e. The summed E-state index contributed by atoms with van der Waals surface area (Å²) in [5, 5.41) is 10.3. The third kappa shape index (κ3) is 2.76. The minimum Gasteiger partial charge on any atom is -0.398 e. The van der Waals surface area contributed by atoms with Crippen LogP contribution in [0.1, 0.15) is 24.5 Å². The van der Waals surface area contributed by atoms with Crippen molar-refractivity contribution in [2.24, 2.45) is 5.92 Å². The van der Waals surface area contributed by atoms with E-state index in [0.717, 1.165) is 25.9 Å². The summed E-state index contributed by atoms with van der Waals surface area (Å²) in [6.07, 6.45) is 1.47. The van der Waals surface area contributed by atoms with Crippen molar-refractivity contribution in [1.82, 2.24) is 4.90 Å². The predicted molar refractivity (Wildman–Crippen MR) is 66.0 cm³/mol. The maximum Gasteiger partial charge on any atom is 0.125 e. The molecule has 2 rings (SSSR count). The zero-order chi connectivity index (χ0) is 12.4. The molecule has 0 saturated carbocycles. The molecule has 3 nitrogen and oxygen atoms in total. The molecule has 2 unspecified atom stereocenters. The first-order valence-corrected chi connectivity index (χ1v) is 5.99. The van der Waals surface area contributed by atoms with Gasteiger partial charge in [-0.2, -0.15) is 0 Å². The average Bonchev–Trinajstić information content (AvgIpc) is 2.28. The van der Waals surface area contributed by atoms with Crippen molar-refractivity contribution < 1.29 is 9.50 Å². The van der Waals surface area contributed by atoms with Gasteiger partial charge < -0.3 is 15.7 Å². The van der Waals surface area contributed by atoms with Gasteiger partial charge in [0.25, 0.3) is 0 Å². The Kier molecular flexibility index (Phi) is 3.64. The average molecular weight is 238 g/mol. The molecule has 1 fully saturated rings. The van der Waals surface area contributed by atoms with Gasteiger partial charge in [-0.3, -0.25) is 0 Å². The summed E-state index contributed by atoms with van der Waals surface area (Å²) in [5.74, 6) is -0.180. The molecule has 3 N–H and O–H groups in total. The Labute approximate surface area is 101 Å². The topological polar surface area (TPSA) is 49.5 Å². The normalized spacial score (nSPS) is 23.6. The number of aliphatic hydroxyl groups excluding tert-OH is 1. The second kappa shape index (κ2) is 5.02. The molecule has 17 heavy (non-hydrogen) atoms. The highest BCUT2D eigenvalue weighted by Gasteiger charge is 2.26. The van der Waals surface area contributed by atoms with Crippen molar-refractivity contribution in [2.45, 2.75) is 18.9 Å². The second-order valence-electron chi connectivity index (χ2n) is 4.88. The van der Waals surface area contributed by atoms with Gasteiger partial charge in [-0.05, 0) is 38.6 Å². The zero-order valence-electron chi connectivity index (χ0n) is 10.1. The van der Waals surface area contributed by atoms with Gasteiger partial charge in [-0.1, -0.05) is 6.07 Å². The Morgan fingerprint density at radius 2 is 2.29 bits per heavy atom. The van der Waals surface area contributed by atoms with E-state index in [0.29, 0.717) is 11.3 Å². The number of nitrogens with zero attached hydrogens (tertiary/aromatic N) is 1. The fourth-order valence-electron chi connectivity index (χ4n) is 2.53. The van der Waals surface area contributed by atoms with Crippen LogP contribution in [0.2, 0.25) is 0 Å². The summed E-state index contributed by atoms with van der Waals surface area (Å²) in [6, 6.07) is 4.20. The lowest BCUT2D eigenvalue weighted by Crippen LogP contribution is -2.35. The summed E-state index contributed by atoms with van der Waals surface area (Å²) in [4.78, 5) is 2.21. The number of piperidine rings is 1. The molecule has 1 aliphatic rings. The highest BCUT2D eigenvalue weighted by atomic mass is 19.1. The lowest BCUT2D eigenvalue weighted by Gasteiger charge is -2.33. The maximum absolute atomic E-state index is 12.9. The molecule has 0 aromatic heterocycles. The molecular formula is C13H19FN2O. The Morgan fingerprint density at radius 1 is 1.53 bits per heavy atom. The van der Waals surface area contributed by atoms with Crippen LogP contribution in [-0.2, 0) is 0 Å². The molecule has 1 saturated heterocycles. The molecule has 1 aromatic rings. The first-order chi connectivity index (χ1) is 8.08.